The van der Waals surface area contributed by atoms with Crippen molar-refractivity contribution in [2.45, 2.75) is 86.4 Å². The first-order valence-electron chi connectivity index (χ1n) is 14.6. The standard InChI is InChI=1S/C16H19BrClN3S.C16H17BrClN3/c1-10(18)9-21-13-2-3-14(21)6-16(5-13,15(19)22)11-4-12(17)8-20-7-11;1-11(18)9-21-14-2-3-15(21)6-16(5-14,10-19)12-4-13(17)8-20-7-12/h4,7-8,13-14H,1-3,5-6,9H2,(H2,19,22);4,7-8,14-15H,1-3,5-6,9H2/t13-,14+,16?;14-,15+,16?. The van der Waals surface area contributed by atoms with Gasteiger partial charge in [0.25, 0.3) is 0 Å². The van der Waals surface area contributed by atoms with Crippen LogP contribution in [0.2, 0.25) is 0 Å². The molecule has 43 heavy (non-hydrogen) atoms. The lowest BCUT2D eigenvalue weighted by molar-refractivity contribution is 0.117. The molecule has 4 aliphatic rings. The highest BCUT2D eigenvalue weighted by molar-refractivity contribution is 9.10. The van der Waals surface area contributed by atoms with E-state index in [4.69, 9.17) is 41.2 Å². The van der Waals surface area contributed by atoms with E-state index < -0.39 is 5.41 Å². The summed E-state index contributed by atoms with van der Waals surface area (Å²) in [5.41, 5.74) is 7.67. The molecule has 0 amide bonds. The van der Waals surface area contributed by atoms with Crippen LogP contribution in [-0.2, 0) is 10.8 Å². The van der Waals surface area contributed by atoms with E-state index in [0.29, 0.717) is 39.2 Å². The van der Waals surface area contributed by atoms with Gasteiger partial charge in [0.2, 0.25) is 0 Å². The Morgan fingerprint density at radius 1 is 0.860 bits per heavy atom. The average molecular weight is 767 g/mol. The van der Waals surface area contributed by atoms with Gasteiger partial charge in [-0.3, -0.25) is 19.8 Å². The normalized spacial score (nSPS) is 31.5. The van der Waals surface area contributed by atoms with Crippen LogP contribution in [0.25, 0.3) is 0 Å². The van der Waals surface area contributed by atoms with Crippen LogP contribution >= 0.6 is 67.3 Å². The number of hydrogen-bond donors (Lipinski definition) is 1. The number of aromatic nitrogens is 2. The molecule has 11 heteroatoms. The number of fused-ring (bicyclic) bond motifs is 4. The number of nitrogens with two attached hydrogens (primary N) is 1. The Morgan fingerprint density at radius 2 is 1.28 bits per heavy atom. The summed E-state index contributed by atoms with van der Waals surface area (Å²) in [6.45, 7) is 9.14. The number of rotatable bonds is 7. The SMILES string of the molecule is C=C(Cl)CN1[C@@H]2CC[C@H]1CC(C#N)(c1cncc(Br)c1)C2.C=C(Cl)CN1[C@@H]2CC[C@H]1CC(C(N)=S)(c1cncc(Br)c1)C2. The second kappa shape index (κ2) is 13.5. The summed E-state index contributed by atoms with van der Waals surface area (Å²) in [6.07, 6.45) is 15.5. The second-order valence-corrected chi connectivity index (χ2v) is 15.7. The Hall–Kier alpha value is -1.38. The lowest BCUT2D eigenvalue weighted by Crippen LogP contribution is -2.54. The zero-order chi connectivity index (χ0) is 30.9. The van der Waals surface area contributed by atoms with Crippen molar-refractivity contribution in [2.24, 2.45) is 5.73 Å². The molecule has 6 heterocycles. The Kier molecular flexibility index (Phi) is 10.4. The molecule has 0 radical (unpaired) electrons. The van der Waals surface area contributed by atoms with Gasteiger partial charge in [-0.2, -0.15) is 5.26 Å². The van der Waals surface area contributed by atoms with Gasteiger partial charge in [-0.1, -0.05) is 48.6 Å². The molecule has 2 aromatic heterocycles. The van der Waals surface area contributed by atoms with Gasteiger partial charge in [-0.15, -0.1) is 0 Å². The summed E-state index contributed by atoms with van der Waals surface area (Å²) in [5.74, 6) is 0. The highest BCUT2D eigenvalue weighted by Crippen LogP contribution is 2.49. The van der Waals surface area contributed by atoms with Crippen molar-refractivity contribution in [3.05, 3.63) is 80.2 Å². The summed E-state index contributed by atoms with van der Waals surface area (Å²) >= 11 is 24.5. The van der Waals surface area contributed by atoms with Crippen LogP contribution in [0.4, 0.5) is 0 Å². The van der Waals surface area contributed by atoms with E-state index in [1.54, 1.807) is 12.4 Å². The van der Waals surface area contributed by atoms with Gasteiger partial charge in [0.15, 0.2) is 0 Å². The molecule has 0 spiro atoms. The molecule has 2 N–H and O–H groups in total. The third kappa shape index (κ3) is 6.91. The molecule has 0 aromatic carbocycles. The van der Waals surface area contributed by atoms with Crippen molar-refractivity contribution in [3.8, 4) is 6.07 Å². The van der Waals surface area contributed by atoms with Crippen molar-refractivity contribution < 1.29 is 0 Å². The Labute approximate surface area is 287 Å². The first kappa shape index (κ1) is 33.0. The van der Waals surface area contributed by atoms with Gasteiger partial charge < -0.3 is 5.73 Å². The molecule has 4 bridgehead atoms. The van der Waals surface area contributed by atoms with Crippen LogP contribution in [0.1, 0.15) is 62.5 Å². The van der Waals surface area contributed by atoms with E-state index in [1.807, 2.05) is 18.5 Å². The second-order valence-electron chi connectivity index (χ2n) is 12.4. The van der Waals surface area contributed by atoms with E-state index in [0.717, 1.165) is 71.7 Å². The third-order valence-electron chi connectivity index (χ3n) is 9.79. The molecule has 2 unspecified atom stereocenters. The van der Waals surface area contributed by atoms with E-state index in [2.05, 4.69) is 76.9 Å². The molecule has 4 saturated heterocycles. The van der Waals surface area contributed by atoms with Crippen LogP contribution in [0.3, 0.4) is 0 Å². The van der Waals surface area contributed by atoms with Gasteiger partial charge in [0, 0.05) is 86.5 Å². The van der Waals surface area contributed by atoms with Crippen LogP contribution in [0, 0.1) is 11.3 Å². The van der Waals surface area contributed by atoms with E-state index in [-0.39, 0.29) is 5.41 Å². The first-order valence-corrected chi connectivity index (χ1v) is 17.3. The molecule has 2 aromatic rings. The molecule has 0 saturated carbocycles. The highest BCUT2D eigenvalue weighted by Gasteiger charge is 2.51. The number of pyridine rings is 2. The summed E-state index contributed by atoms with van der Waals surface area (Å²) in [7, 11) is 0. The Morgan fingerprint density at radius 3 is 1.67 bits per heavy atom. The zero-order valence-corrected chi connectivity index (χ0v) is 29.5. The van der Waals surface area contributed by atoms with E-state index in [1.165, 1.54) is 12.8 Å². The van der Waals surface area contributed by atoms with Gasteiger partial charge in [0.1, 0.15) is 0 Å². The monoisotopic (exact) mass is 764 g/mol. The molecule has 4 fully saturated rings. The van der Waals surface area contributed by atoms with Gasteiger partial charge in [0.05, 0.1) is 16.5 Å². The molecule has 6 rings (SSSR count). The fraction of sp³-hybridized carbons (Fsp3) is 0.500. The maximum absolute atomic E-state index is 9.86. The number of piperidine rings is 2. The van der Waals surface area contributed by atoms with Crippen molar-refractivity contribution >= 4 is 72.3 Å². The minimum atomic E-state index is -0.424. The van der Waals surface area contributed by atoms with Crippen molar-refractivity contribution in [1.82, 2.24) is 19.8 Å². The van der Waals surface area contributed by atoms with Crippen molar-refractivity contribution in [2.75, 3.05) is 13.1 Å². The highest BCUT2D eigenvalue weighted by atomic mass is 79.9. The van der Waals surface area contributed by atoms with Crippen molar-refractivity contribution in [1.29, 1.82) is 5.26 Å². The van der Waals surface area contributed by atoms with Crippen LogP contribution in [0.15, 0.2) is 69.1 Å². The topological polar surface area (TPSA) is 82.1 Å². The third-order valence-corrected chi connectivity index (χ3v) is 11.3. The Balaban J connectivity index is 0.000000171. The summed E-state index contributed by atoms with van der Waals surface area (Å²) in [5, 5.41) is 11.2. The molecule has 6 nitrogen and oxygen atoms in total. The first-order chi connectivity index (χ1) is 20.5. The number of hydrogen-bond acceptors (Lipinski definition) is 6. The number of thiocarbonyl (C=S) groups is 1. The molecule has 4 aliphatic heterocycles. The Bertz CT molecular complexity index is 1420. The van der Waals surface area contributed by atoms with Crippen LogP contribution in [0.5, 0.6) is 0 Å². The van der Waals surface area contributed by atoms with E-state index in [9.17, 15) is 5.26 Å². The molecule has 0 aliphatic carbocycles. The van der Waals surface area contributed by atoms with Gasteiger partial charge in [-0.05, 0) is 106 Å². The predicted molar refractivity (Wildman–Crippen MR) is 185 cm³/mol. The van der Waals surface area contributed by atoms with Crippen LogP contribution in [-0.4, -0.2) is 62.0 Å². The maximum Gasteiger partial charge on any atom is 0.0867 e. The largest absolute Gasteiger partial charge is 0.393 e. The minimum absolute atomic E-state index is 0.262. The molecular formula is C32H36Br2Cl2N6S. The minimum Gasteiger partial charge on any atom is -0.393 e. The molecule has 228 valence electrons. The summed E-state index contributed by atoms with van der Waals surface area (Å²) < 4.78 is 1.89. The van der Waals surface area contributed by atoms with Gasteiger partial charge >= 0.3 is 0 Å². The number of halogens is 4. The van der Waals surface area contributed by atoms with Gasteiger partial charge in [-0.25, -0.2) is 0 Å². The van der Waals surface area contributed by atoms with E-state index >= 15 is 0 Å². The lowest BCUT2D eigenvalue weighted by atomic mass is 9.70. The maximum atomic E-state index is 9.86. The smallest absolute Gasteiger partial charge is 0.0867 e. The average Bonchev–Trinajstić information content (AvgIpc) is 3.32. The fourth-order valence-corrected chi connectivity index (χ4v) is 9.20. The summed E-state index contributed by atoms with van der Waals surface area (Å²) in [4.78, 5) is 14.0. The lowest BCUT2D eigenvalue weighted by Gasteiger charge is -2.46. The predicted octanol–water partition coefficient (Wildman–Crippen LogP) is 7.73. The van der Waals surface area contributed by atoms with Crippen molar-refractivity contribution in [3.63, 3.8) is 0 Å². The fourth-order valence-electron chi connectivity index (χ4n) is 7.91. The molecule has 6 atom stereocenters. The number of nitriles is 1. The zero-order valence-electron chi connectivity index (χ0n) is 24.0. The summed E-state index contributed by atoms with van der Waals surface area (Å²) in [6, 6.07) is 8.46. The van der Waals surface area contributed by atoms with Crippen LogP contribution < -0.4 is 5.73 Å². The molecular weight excluding hydrogens is 731 g/mol. The quantitative estimate of drug-likeness (QED) is 0.289. The number of nitrogens with zero attached hydrogens (tertiary/aromatic N) is 5.